The third-order valence-corrected chi connectivity index (χ3v) is 2.37. The summed E-state index contributed by atoms with van der Waals surface area (Å²) in [6.45, 7) is -0.632. The van der Waals surface area contributed by atoms with E-state index in [-0.39, 0.29) is 0 Å². The molecule has 3 N–H and O–H groups in total. The van der Waals surface area contributed by atoms with Gasteiger partial charge in [-0.2, -0.15) is 13.2 Å². The van der Waals surface area contributed by atoms with Crippen molar-refractivity contribution in [1.29, 1.82) is 0 Å². The van der Waals surface area contributed by atoms with Crippen LogP contribution in [0.1, 0.15) is 19.3 Å². The van der Waals surface area contributed by atoms with Gasteiger partial charge in [-0.15, -0.1) is 0 Å². The van der Waals surface area contributed by atoms with Crippen LogP contribution in [0.3, 0.4) is 0 Å². The Morgan fingerprint density at radius 3 is 2.17 bits per heavy atom. The van der Waals surface area contributed by atoms with Crippen molar-refractivity contribution < 1.29 is 13.2 Å². The molecule has 12 heavy (non-hydrogen) atoms. The summed E-state index contributed by atoms with van der Waals surface area (Å²) in [4.78, 5) is 0. The van der Waals surface area contributed by atoms with Crippen LogP contribution in [0.25, 0.3) is 0 Å². The van der Waals surface area contributed by atoms with Gasteiger partial charge in [-0.3, -0.25) is 0 Å². The number of halogens is 3. The molecular weight excluding hydrogens is 169 g/mol. The highest BCUT2D eigenvalue weighted by Crippen LogP contribution is 2.31. The van der Waals surface area contributed by atoms with E-state index in [4.69, 9.17) is 5.73 Å². The van der Waals surface area contributed by atoms with Gasteiger partial charge in [0.1, 0.15) is 0 Å². The van der Waals surface area contributed by atoms with Crippen molar-refractivity contribution in [2.24, 2.45) is 5.73 Å². The van der Waals surface area contributed by atoms with Gasteiger partial charge in [-0.05, 0) is 19.3 Å². The van der Waals surface area contributed by atoms with E-state index in [9.17, 15) is 13.2 Å². The Balaban J connectivity index is 2.30. The second kappa shape index (κ2) is 3.22. The second-order valence-corrected chi connectivity index (χ2v) is 3.31. The molecule has 0 atom stereocenters. The zero-order valence-electron chi connectivity index (χ0n) is 6.75. The first kappa shape index (κ1) is 9.80. The molecule has 0 amide bonds. The third-order valence-electron chi connectivity index (χ3n) is 2.37. The van der Waals surface area contributed by atoms with Crippen LogP contribution in [-0.4, -0.2) is 24.8 Å². The van der Waals surface area contributed by atoms with Crippen LogP contribution in [-0.2, 0) is 0 Å². The average molecular weight is 182 g/mol. The fourth-order valence-electron chi connectivity index (χ4n) is 1.34. The molecule has 1 aliphatic carbocycles. The zero-order valence-corrected chi connectivity index (χ0v) is 6.75. The van der Waals surface area contributed by atoms with Crippen molar-refractivity contribution in [3.05, 3.63) is 0 Å². The molecule has 0 bridgehead atoms. The summed E-state index contributed by atoms with van der Waals surface area (Å²) in [5.41, 5.74) is 4.95. The Bertz CT molecular complexity index is 146. The summed E-state index contributed by atoms with van der Waals surface area (Å²) in [5.74, 6) is 0. The fourth-order valence-corrected chi connectivity index (χ4v) is 1.34. The van der Waals surface area contributed by atoms with Crippen LogP contribution in [0.5, 0.6) is 0 Å². The summed E-state index contributed by atoms with van der Waals surface area (Å²) in [5, 5.41) is 2.47. The molecule has 2 nitrogen and oxygen atoms in total. The molecule has 0 aromatic carbocycles. The smallest absolute Gasteiger partial charge is 0.329 e. The molecule has 1 saturated carbocycles. The first-order valence-corrected chi connectivity index (χ1v) is 3.99. The minimum Gasteiger partial charge on any atom is -0.329 e. The molecule has 0 heterocycles. The second-order valence-electron chi connectivity index (χ2n) is 3.31. The molecule has 1 rings (SSSR count). The van der Waals surface area contributed by atoms with Gasteiger partial charge in [-0.25, -0.2) is 0 Å². The highest BCUT2D eigenvalue weighted by Gasteiger charge is 2.38. The highest BCUT2D eigenvalue weighted by atomic mass is 19.4. The van der Waals surface area contributed by atoms with Crippen molar-refractivity contribution >= 4 is 0 Å². The van der Waals surface area contributed by atoms with E-state index in [1.807, 2.05) is 0 Å². The van der Waals surface area contributed by atoms with Gasteiger partial charge in [0.05, 0.1) is 6.54 Å². The standard InChI is InChI=1S/C7H13F3N2/c8-7(9,10)5-12-6(4-11)2-1-3-6/h12H,1-5,11H2. The number of rotatable bonds is 3. The van der Waals surface area contributed by atoms with Crippen LogP contribution >= 0.6 is 0 Å². The summed E-state index contributed by atoms with van der Waals surface area (Å²) >= 11 is 0. The van der Waals surface area contributed by atoms with Crippen LogP contribution in [0.2, 0.25) is 0 Å². The van der Waals surface area contributed by atoms with E-state index >= 15 is 0 Å². The molecule has 1 fully saturated rings. The Labute approximate surface area is 69.3 Å². The quantitative estimate of drug-likeness (QED) is 0.683. The number of alkyl halides is 3. The molecule has 72 valence electrons. The van der Waals surface area contributed by atoms with Crippen molar-refractivity contribution in [3.63, 3.8) is 0 Å². The average Bonchev–Trinajstić information content (AvgIpc) is 1.84. The van der Waals surface area contributed by atoms with E-state index in [1.165, 1.54) is 0 Å². The predicted molar refractivity (Wildman–Crippen MR) is 39.7 cm³/mol. The summed E-state index contributed by atoms with van der Waals surface area (Å²) in [6, 6.07) is 0. The maximum Gasteiger partial charge on any atom is 0.401 e. The van der Waals surface area contributed by atoms with Crippen molar-refractivity contribution in [3.8, 4) is 0 Å². The molecule has 0 unspecified atom stereocenters. The summed E-state index contributed by atoms with van der Waals surface area (Å²) in [7, 11) is 0. The SMILES string of the molecule is NCC1(NCC(F)(F)F)CCC1. The van der Waals surface area contributed by atoms with Crippen molar-refractivity contribution in [2.75, 3.05) is 13.1 Å². The largest absolute Gasteiger partial charge is 0.401 e. The summed E-state index contributed by atoms with van der Waals surface area (Å²) < 4.78 is 35.3. The normalized spacial score (nSPS) is 22.0. The lowest BCUT2D eigenvalue weighted by Gasteiger charge is -2.42. The van der Waals surface area contributed by atoms with Crippen molar-refractivity contribution in [2.45, 2.75) is 31.0 Å². The topological polar surface area (TPSA) is 38.0 Å². The van der Waals surface area contributed by atoms with Gasteiger partial charge in [0.15, 0.2) is 0 Å². The Kier molecular flexibility index (Phi) is 2.63. The Morgan fingerprint density at radius 2 is 1.92 bits per heavy atom. The predicted octanol–water partition coefficient (Wildman–Crippen LogP) is 1.02. The highest BCUT2D eigenvalue weighted by molar-refractivity contribution is 4.97. The van der Waals surface area contributed by atoms with Gasteiger partial charge in [-0.1, -0.05) is 0 Å². The number of nitrogens with one attached hydrogen (secondary N) is 1. The fraction of sp³-hybridized carbons (Fsp3) is 1.00. The lowest BCUT2D eigenvalue weighted by atomic mass is 9.77. The maximum atomic E-state index is 11.8. The van der Waals surface area contributed by atoms with E-state index in [0.29, 0.717) is 6.54 Å². The van der Waals surface area contributed by atoms with E-state index in [1.54, 1.807) is 0 Å². The van der Waals surface area contributed by atoms with Gasteiger partial charge in [0, 0.05) is 12.1 Å². The first-order chi connectivity index (χ1) is 5.47. The lowest BCUT2D eigenvalue weighted by Crippen LogP contribution is -2.58. The van der Waals surface area contributed by atoms with Crippen LogP contribution in [0.15, 0.2) is 0 Å². The molecule has 5 heteroatoms. The van der Waals surface area contributed by atoms with E-state index in [0.717, 1.165) is 19.3 Å². The minimum absolute atomic E-state index is 0.295. The van der Waals surface area contributed by atoms with E-state index in [2.05, 4.69) is 5.32 Å². The maximum absolute atomic E-state index is 11.8. The molecule has 1 aliphatic rings. The molecule has 0 saturated heterocycles. The molecule has 0 radical (unpaired) electrons. The first-order valence-electron chi connectivity index (χ1n) is 3.99. The lowest BCUT2D eigenvalue weighted by molar-refractivity contribution is -0.130. The molecule has 0 spiro atoms. The molecule has 0 aliphatic heterocycles. The summed E-state index contributed by atoms with van der Waals surface area (Å²) in [6.07, 6.45) is -1.63. The van der Waals surface area contributed by atoms with E-state index < -0.39 is 18.3 Å². The van der Waals surface area contributed by atoms with Gasteiger partial charge in [0.25, 0.3) is 0 Å². The van der Waals surface area contributed by atoms with Gasteiger partial charge in [0.2, 0.25) is 0 Å². The van der Waals surface area contributed by atoms with Crippen molar-refractivity contribution in [1.82, 2.24) is 5.32 Å². The third kappa shape index (κ3) is 2.35. The molecule has 0 aromatic rings. The van der Waals surface area contributed by atoms with Crippen LogP contribution < -0.4 is 11.1 Å². The molecule has 0 aromatic heterocycles. The van der Waals surface area contributed by atoms with Gasteiger partial charge >= 0.3 is 6.18 Å². The Hall–Kier alpha value is -0.290. The van der Waals surface area contributed by atoms with Crippen LogP contribution in [0.4, 0.5) is 13.2 Å². The molecular formula is C7H13F3N2. The number of hydrogen-bond donors (Lipinski definition) is 2. The van der Waals surface area contributed by atoms with Gasteiger partial charge < -0.3 is 11.1 Å². The Morgan fingerprint density at radius 1 is 1.33 bits per heavy atom. The number of hydrogen-bond acceptors (Lipinski definition) is 2. The minimum atomic E-state index is -4.13. The monoisotopic (exact) mass is 182 g/mol. The zero-order chi connectivity index (χ0) is 9.24. The van der Waals surface area contributed by atoms with Crippen LogP contribution in [0, 0.1) is 0 Å². The number of nitrogens with two attached hydrogens (primary N) is 1.